The first-order chi connectivity index (χ1) is 17.6. The van der Waals surface area contributed by atoms with Gasteiger partial charge in [0.2, 0.25) is 0 Å². The number of esters is 1. The average molecular weight is 588 g/mol. The molecule has 0 spiro atoms. The van der Waals surface area contributed by atoms with Crippen LogP contribution in [-0.2, 0) is 14.8 Å². The van der Waals surface area contributed by atoms with Gasteiger partial charge in [-0.15, -0.1) is 0 Å². The zero-order valence-electron chi connectivity index (χ0n) is 20.3. The third-order valence-electron chi connectivity index (χ3n) is 5.65. The number of halogens is 1. The number of anilines is 1. The fourth-order valence-electron chi connectivity index (χ4n) is 3.93. The number of carbonyl (C=O) groups is 2. The number of amides is 1. The summed E-state index contributed by atoms with van der Waals surface area (Å²) in [6.07, 6.45) is 0. The number of furan rings is 1. The van der Waals surface area contributed by atoms with Crippen molar-refractivity contribution >= 4 is 54.5 Å². The molecule has 0 bridgehead atoms. The van der Waals surface area contributed by atoms with Gasteiger partial charge in [0, 0.05) is 9.86 Å². The van der Waals surface area contributed by atoms with Gasteiger partial charge in [-0.2, -0.15) is 4.31 Å². The van der Waals surface area contributed by atoms with Gasteiger partial charge in [0.05, 0.1) is 31.9 Å². The summed E-state index contributed by atoms with van der Waals surface area (Å²) < 4.78 is 50.5. The summed E-state index contributed by atoms with van der Waals surface area (Å²) in [7, 11) is -0.509. The number of benzene rings is 3. The summed E-state index contributed by atoms with van der Waals surface area (Å²) in [5.74, 6) is -1.05. The second-order valence-electron chi connectivity index (χ2n) is 7.77. The lowest BCUT2D eigenvalue weighted by molar-refractivity contribution is 0.0600. The Balaban J connectivity index is 2.01. The van der Waals surface area contributed by atoms with E-state index in [2.05, 4.69) is 15.9 Å². The van der Waals surface area contributed by atoms with Gasteiger partial charge in [0.1, 0.15) is 34.0 Å². The molecule has 0 unspecified atom stereocenters. The first kappa shape index (κ1) is 26.2. The Kier molecular flexibility index (Phi) is 7.28. The molecule has 4 rings (SSSR count). The molecular formula is C26H22BrNO8S. The fraction of sp³-hybridized carbons (Fsp3) is 0.154. The van der Waals surface area contributed by atoms with E-state index < -0.39 is 21.9 Å². The highest BCUT2D eigenvalue weighted by Crippen LogP contribution is 2.37. The quantitative estimate of drug-likeness (QED) is 0.266. The highest BCUT2D eigenvalue weighted by molar-refractivity contribution is 9.10. The van der Waals surface area contributed by atoms with Crippen LogP contribution in [0, 0.1) is 6.92 Å². The molecule has 0 aliphatic heterocycles. The molecule has 0 saturated carbocycles. The topological polar surface area (TPSA) is 112 Å². The van der Waals surface area contributed by atoms with E-state index in [1.807, 2.05) is 0 Å². The minimum Gasteiger partial charge on any atom is -0.496 e. The van der Waals surface area contributed by atoms with Crippen LogP contribution in [0.5, 0.6) is 11.5 Å². The zero-order valence-corrected chi connectivity index (χ0v) is 22.7. The van der Waals surface area contributed by atoms with E-state index >= 15 is 0 Å². The van der Waals surface area contributed by atoms with Crippen LogP contribution in [0.1, 0.15) is 26.5 Å². The number of aryl methyl sites for hydroxylation is 1. The van der Waals surface area contributed by atoms with Crippen LogP contribution in [-0.4, -0.2) is 41.6 Å². The molecule has 0 aliphatic rings. The Morgan fingerprint density at radius 3 is 2.08 bits per heavy atom. The van der Waals surface area contributed by atoms with Crippen molar-refractivity contribution in [3.05, 3.63) is 82.0 Å². The molecule has 9 nitrogen and oxygen atoms in total. The van der Waals surface area contributed by atoms with Gasteiger partial charge in [-0.3, -0.25) is 4.79 Å². The summed E-state index contributed by atoms with van der Waals surface area (Å²) in [4.78, 5) is 26.4. The summed E-state index contributed by atoms with van der Waals surface area (Å²) in [5, 5.41) is 0.289. The third kappa shape index (κ3) is 4.67. The molecule has 0 N–H and O–H groups in total. The van der Waals surface area contributed by atoms with Crippen molar-refractivity contribution in [3.63, 3.8) is 0 Å². The first-order valence-electron chi connectivity index (χ1n) is 10.8. The molecule has 1 heterocycles. The number of hydrogen-bond acceptors (Lipinski definition) is 8. The first-order valence-corrected chi connectivity index (χ1v) is 13.0. The molecule has 3 aromatic carbocycles. The SMILES string of the molecule is COC(=O)c1c(C)oc2ccc(N(C(=O)c3c(OC)cccc3OC)S(=O)(=O)c3ccc(Br)cc3)cc12. The van der Waals surface area contributed by atoms with Crippen LogP contribution in [0.3, 0.4) is 0 Å². The van der Waals surface area contributed by atoms with Gasteiger partial charge in [0.25, 0.3) is 15.9 Å². The van der Waals surface area contributed by atoms with Crippen molar-refractivity contribution < 1.29 is 36.6 Å². The maximum Gasteiger partial charge on any atom is 0.342 e. The highest BCUT2D eigenvalue weighted by atomic mass is 79.9. The molecule has 4 aromatic rings. The Bertz CT molecular complexity index is 1590. The smallest absolute Gasteiger partial charge is 0.342 e. The van der Waals surface area contributed by atoms with Crippen LogP contribution in [0.2, 0.25) is 0 Å². The lowest BCUT2D eigenvalue weighted by atomic mass is 10.1. The number of rotatable bonds is 7. The van der Waals surface area contributed by atoms with E-state index in [1.54, 1.807) is 25.1 Å². The van der Waals surface area contributed by atoms with Crippen molar-refractivity contribution in [2.75, 3.05) is 25.6 Å². The van der Waals surface area contributed by atoms with E-state index in [9.17, 15) is 18.0 Å². The van der Waals surface area contributed by atoms with E-state index in [0.717, 1.165) is 0 Å². The molecule has 0 saturated heterocycles. The normalized spacial score (nSPS) is 11.3. The largest absolute Gasteiger partial charge is 0.496 e. The molecule has 0 aliphatic carbocycles. The zero-order chi connectivity index (χ0) is 26.9. The van der Waals surface area contributed by atoms with Gasteiger partial charge in [-0.25, -0.2) is 13.2 Å². The third-order valence-corrected chi connectivity index (χ3v) is 7.90. The van der Waals surface area contributed by atoms with E-state index in [1.165, 1.54) is 63.8 Å². The maximum absolute atomic E-state index is 14.1. The molecule has 11 heteroatoms. The van der Waals surface area contributed by atoms with Gasteiger partial charge < -0.3 is 18.6 Å². The predicted molar refractivity (Wildman–Crippen MR) is 140 cm³/mol. The lowest BCUT2D eigenvalue weighted by Gasteiger charge is -2.24. The number of ether oxygens (including phenoxy) is 3. The highest BCUT2D eigenvalue weighted by Gasteiger charge is 2.36. The molecule has 0 atom stereocenters. The van der Waals surface area contributed by atoms with Gasteiger partial charge in [-0.1, -0.05) is 22.0 Å². The number of fused-ring (bicyclic) bond motifs is 1. The van der Waals surface area contributed by atoms with Gasteiger partial charge >= 0.3 is 5.97 Å². The van der Waals surface area contributed by atoms with Crippen LogP contribution in [0.25, 0.3) is 11.0 Å². The summed E-state index contributed by atoms with van der Waals surface area (Å²) in [6.45, 7) is 1.59. The fourth-order valence-corrected chi connectivity index (χ4v) is 5.59. The minimum absolute atomic E-state index is 0.0284. The number of nitrogens with zero attached hydrogens (tertiary/aromatic N) is 1. The van der Waals surface area contributed by atoms with Crippen molar-refractivity contribution in [2.45, 2.75) is 11.8 Å². The van der Waals surface area contributed by atoms with Crippen LogP contribution in [0.15, 0.2) is 74.4 Å². The lowest BCUT2D eigenvalue weighted by Crippen LogP contribution is -2.37. The second-order valence-corrected chi connectivity index (χ2v) is 10.5. The van der Waals surface area contributed by atoms with Gasteiger partial charge in [-0.05, 0) is 61.5 Å². The van der Waals surface area contributed by atoms with E-state index in [-0.39, 0.29) is 38.6 Å². The van der Waals surface area contributed by atoms with E-state index in [0.29, 0.717) is 20.1 Å². The van der Waals surface area contributed by atoms with Crippen molar-refractivity contribution in [3.8, 4) is 11.5 Å². The van der Waals surface area contributed by atoms with Crippen LogP contribution >= 0.6 is 15.9 Å². The van der Waals surface area contributed by atoms with Crippen LogP contribution in [0.4, 0.5) is 5.69 Å². The maximum atomic E-state index is 14.1. The summed E-state index contributed by atoms with van der Waals surface area (Å²) in [6, 6.07) is 14.8. The standard InChI is InChI=1S/C26H22BrNO8S/c1-15-23(26(30)35-4)19-14-17(10-13-20(19)36-15)28(37(31,32)18-11-8-16(27)9-12-18)25(29)24-21(33-2)6-5-7-22(24)34-3/h5-14H,1-4H3. The Hall–Kier alpha value is -3.83. The molecule has 0 radical (unpaired) electrons. The molecule has 0 fully saturated rings. The average Bonchev–Trinajstić information content (AvgIpc) is 3.22. The van der Waals surface area contributed by atoms with Crippen molar-refractivity contribution in [2.24, 2.45) is 0 Å². The number of methoxy groups -OCH3 is 3. The van der Waals surface area contributed by atoms with Crippen molar-refractivity contribution in [1.29, 1.82) is 0 Å². The Morgan fingerprint density at radius 2 is 1.51 bits per heavy atom. The monoisotopic (exact) mass is 587 g/mol. The van der Waals surface area contributed by atoms with E-state index in [4.69, 9.17) is 18.6 Å². The van der Waals surface area contributed by atoms with Crippen molar-refractivity contribution in [1.82, 2.24) is 0 Å². The summed E-state index contributed by atoms with van der Waals surface area (Å²) in [5.41, 5.74) is 0.330. The molecule has 1 aromatic heterocycles. The van der Waals surface area contributed by atoms with Crippen LogP contribution < -0.4 is 13.8 Å². The Labute approximate surface area is 221 Å². The second kappa shape index (κ2) is 10.3. The molecule has 1 amide bonds. The number of hydrogen-bond donors (Lipinski definition) is 0. The predicted octanol–water partition coefficient (Wildman–Crippen LogP) is 5.34. The molecule has 192 valence electrons. The molecular weight excluding hydrogens is 566 g/mol. The van der Waals surface area contributed by atoms with Gasteiger partial charge in [0.15, 0.2) is 0 Å². The number of sulfonamides is 1. The minimum atomic E-state index is -4.46. The number of carbonyl (C=O) groups excluding carboxylic acids is 2. The molecule has 37 heavy (non-hydrogen) atoms. The Morgan fingerprint density at radius 1 is 0.892 bits per heavy atom. The summed E-state index contributed by atoms with van der Waals surface area (Å²) >= 11 is 3.29.